The lowest BCUT2D eigenvalue weighted by atomic mass is 9.80. The molecule has 104 valence electrons. The van der Waals surface area contributed by atoms with Gasteiger partial charge in [0.05, 0.1) is 0 Å². The number of carbonyl (C=O) groups is 1. The van der Waals surface area contributed by atoms with Crippen molar-refractivity contribution >= 4 is 5.91 Å². The second kappa shape index (κ2) is 6.74. The van der Waals surface area contributed by atoms with E-state index in [2.05, 4.69) is 30.4 Å². The molecule has 0 saturated carbocycles. The first-order chi connectivity index (χ1) is 9.20. The van der Waals surface area contributed by atoms with Crippen LogP contribution in [0, 0.1) is 6.92 Å². The van der Waals surface area contributed by atoms with Crippen molar-refractivity contribution in [2.75, 3.05) is 6.54 Å². The quantitative estimate of drug-likeness (QED) is 0.858. The van der Waals surface area contributed by atoms with Gasteiger partial charge in [0.15, 0.2) is 0 Å². The van der Waals surface area contributed by atoms with Crippen LogP contribution in [-0.4, -0.2) is 12.5 Å². The van der Waals surface area contributed by atoms with Gasteiger partial charge in [-0.25, -0.2) is 0 Å². The fourth-order valence-electron chi connectivity index (χ4n) is 3.02. The smallest absolute Gasteiger partial charge is 0.219 e. The van der Waals surface area contributed by atoms with Gasteiger partial charge in [0.1, 0.15) is 0 Å². The van der Waals surface area contributed by atoms with Crippen LogP contribution >= 0.6 is 0 Å². The molecule has 1 amide bonds. The van der Waals surface area contributed by atoms with Gasteiger partial charge in [-0.05, 0) is 56.1 Å². The van der Waals surface area contributed by atoms with E-state index in [9.17, 15) is 4.79 Å². The van der Waals surface area contributed by atoms with Crippen LogP contribution in [0.1, 0.15) is 61.6 Å². The fraction of sp³-hybridized carbons (Fsp3) is 0.588. The zero-order chi connectivity index (χ0) is 13.7. The summed E-state index contributed by atoms with van der Waals surface area (Å²) in [5, 5.41) is 3.04. The molecule has 2 nitrogen and oxygen atoms in total. The monoisotopic (exact) mass is 259 g/mol. The Labute approximate surface area is 116 Å². The van der Waals surface area contributed by atoms with Gasteiger partial charge in [0.2, 0.25) is 5.91 Å². The summed E-state index contributed by atoms with van der Waals surface area (Å²) in [5.74, 6) is 0.827. The van der Waals surface area contributed by atoms with Gasteiger partial charge in [-0.3, -0.25) is 4.79 Å². The number of aryl methyl sites for hydroxylation is 2. The van der Waals surface area contributed by atoms with Crippen LogP contribution in [0.4, 0.5) is 0 Å². The highest BCUT2D eigenvalue weighted by atomic mass is 16.1. The molecule has 0 unspecified atom stereocenters. The minimum atomic E-state index is 0.197. The summed E-state index contributed by atoms with van der Waals surface area (Å²) >= 11 is 0. The van der Waals surface area contributed by atoms with Crippen molar-refractivity contribution < 1.29 is 4.79 Å². The van der Waals surface area contributed by atoms with Crippen molar-refractivity contribution in [1.29, 1.82) is 0 Å². The molecule has 0 radical (unpaired) electrons. The van der Waals surface area contributed by atoms with Gasteiger partial charge in [-0.2, -0.15) is 0 Å². The van der Waals surface area contributed by atoms with Crippen LogP contribution in [0.2, 0.25) is 0 Å². The Kier molecular flexibility index (Phi) is 5.00. The van der Waals surface area contributed by atoms with E-state index in [0.29, 0.717) is 12.3 Å². The lowest BCUT2D eigenvalue weighted by Gasteiger charge is -2.26. The van der Waals surface area contributed by atoms with Crippen molar-refractivity contribution in [3.63, 3.8) is 0 Å². The molecule has 0 saturated heterocycles. The van der Waals surface area contributed by atoms with Gasteiger partial charge in [0, 0.05) is 13.0 Å². The fourth-order valence-corrected chi connectivity index (χ4v) is 3.02. The Morgan fingerprint density at radius 2 is 2.26 bits per heavy atom. The summed E-state index contributed by atoms with van der Waals surface area (Å²) in [6.07, 6.45) is 6.42. The standard InChI is InChI=1S/C17H25NO/c1-3-5-17(19)18-11-10-15-7-4-6-14-9-8-13(2)12-16(14)15/h8-9,12,15H,3-7,10-11H2,1-2H3,(H,18,19)/t15-/m1/s1. The molecule has 0 bridgehead atoms. The molecule has 2 heteroatoms. The number of nitrogens with one attached hydrogen (secondary N) is 1. The molecule has 19 heavy (non-hydrogen) atoms. The van der Waals surface area contributed by atoms with E-state index in [1.807, 2.05) is 6.92 Å². The van der Waals surface area contributed by atoms with Gasteiger partial charge < -0.3 is 5.32 Å². The summed E-state index contributed by atoms with van der Waals surface area (Å²) in [6.45, 7) is 5.02. The third-order valence-electron chi connectivity index (χ3n) is 4.03. The van der Waals surface area contributed by atoms with E-state index in [1.54, 1.807) is 0 Å². The first kappa shape index (κ1) is 14.1. The van der Waals surface area contributed by atoms with Crippen LogP contribution < -0.4 is 5.32 Å². The molecule has 1 aromatic carbocycles. The molecule has 1 aliphatic rings. The summed E-state index contributed by atoms with van der Waals surface area (Å²) in [4.78, 5) is 11.5. The highest BCUT2D eigenvalue weighted by Crippen LogP contribution is 2.34. The lowest BCUT2D eigenvalue weighted by molar-refractivity contribution is -0.121. The van der Waals surface area contributed by atoms with Crippen LogP contribution in [0.3, 0.4) is 0 Å². The van der Waals surface area contributed by atoms with E-state index in [4.69, 9.17) is 0 Å². The highest BCUT2D eigenvalue weighted by molar-refractivity contribution is 5.75. The number of benzene rings is 1. The molecule has 0 aliphatic heterocycles. The average molecular weight is 259 g/mol. The number of hydrogen-bond donors (Lipinski definition) is 1. The molecule has 2 rings (SSSR count). The summed E-state index contributed by atoms with van der Waals surface area (Å²) in [6, 6.07) is 6.84. The molecule has 1 atom stereocenters. The van der Waals surface area contributed by atoms with E-state index in [-0.39, 0.29) is 5.91 Å². The highest BCUT2D eigenvalue weighted by Gasteiger charge is 2.19. The second-order valence-corrected chi connectivity index (χ2v) is 5.68. The van der Waals surface area contributed by atoms with Crippen LogP contribution in [-0.2, 0) is 11.2 Å². The normalized spacial score (nSPS) is 17.9. The van der Waals surface area contributed by atoms with Crippen LogP contribution in [0.5, 0.6) is 0 Å². The summed E-state index contributed by atoms with van der Waals surface area (Å²) in [7, 11) is 0. The molecule has 0 fully saturated rings. The SMILES string of the molecule is CCCC(=O)NCC[C@H]1CCCc2ccc(C)cc21. The minimum absolute atomic E-state index is 0.197. The molecular weight excluding hydrogens is 234 g/mol. The maximum absolute atomic E-state index is 11.5. The largest absolute Gasteiger partial charge is 0.356 e. The molecule has 1 aromatic rings. The minimum Gasteiger partial charge on any atom is -0.356 e. The van der Waals surface area contributed by atoms with Crippen LogP contribution in [0.25, 0.3) is 0 Å². The van der Waals surface area contributed by atoms with E-state index in [1.165, 1.54) is 36.0 Å². The number of hydrogen-bond acceptors (Lipinski definition) is 1. The van der Waals surface area contributed by atoms with Crippen molar-refractivity contribution in [3.05, 3.63) is 34.9 Å². The molecular formula is C17H25NO. The predicted molar refractivity (Wildman–Crippen MR) is 79.4 cm³/mol. The molecule has 1 N–H and O–H groups in total. The van der Waals surface area contributed by atoms with Crippen molar-refractivity contribution in [2.45, 2.75) is 58.3 Å². The number of carbonyl (C=O) groups excluding carboxylic acids is 1. The van der Waals surface area contributed by atoms with Crippen molar-refractivity contribution in [1.82, 2.24) is 5.32 Å². The first-order valence-electron chi connectivity index (χ1n) is 7.57. The average Bonchev–Trinajstić information content (AvgIpc) is 2.39. The number of rotatable bonds is 5. The van der Waals surface area contributed by atoms with Gasteiger partial charge in [0.25, 0.3) is 0 Å². The van der Waals surface area contributed by atoms with E-state index < -0.39 is 0 Å². The number of fused-ring (bicyclic) bond motifs is 1. The number of amides is 1. The van der Waals surface area contributed by atoms with Crippen molar-refractivity contribution in [3.8, 4) is 0 Å². The molecule has 0 spiro atoms. The summed E-state index contributed by atoms with van der Waals surface area (Å²) < 4.78 is 0. The maximum atomic E-state index is 11.5. The Balaban J connectivity index is 1.92. The Bertz CT molecular complexity index is 439. The Hall–Kier alpha value is -1.31. The van der Waals surface area contributed by atoms with E-state index in [0.717, 1.165) is 19.4 Å². The topological polar surface area (TPSA) is 29.1 Å². The summed E-state index contributed by atoms with van der Waals surface area (Å²) in [5.41, 5.74) is 4.39. The molecule has 1 aliphatic carbocycles. The second-order valence-electron chi connectivity index (χ2n) is 5.68. The first-order valence-corrected chi connectivity index (χ1v) is 7.57. The Morgan fingerprint density at radius 1 is 1.42 bits per heavy atom. The van der Waals surface area contributed by atoms with Crippen molar-refractivity contribution in [2.24, 2.45) is 0 Å². The predicted octanol–water partition coefficient (Wildman–Crippen LogP) is 3.72. The zero-order valence-corrected chi connectivity index (χ0v) is 12.2. The van der Waals surface area contributed by atoms with Crippen LogP contribution in [0.15, 0.2) is 18.2 Å². The van der Waals surface area contributed by atoms with Gasteiger partial charge in [-0.1, -0.05) is 30.7 Å². The van der Waals surface area contributed by atoms with E-state index >= 15 is 0 Å². The lowest BCUT2D eigenvalue weighted by Crippen LogP contribution is -2.25. The maximum Gasteiger partial charge on any atom is 0.219 e. The van der Waals surface area contributed by atoms with Gasteiger partial charge in [-0.15, -0.1) is 0 Å². The third kappa shape index (κ3) is 3.82. The molecule has 0 aromatic heterocycles. The zero-order valence-electron chi connectivity index (χ0n) is 12.2. The van der Waals surface area contributed by atoms with Gasteiger partial charge >= 0.3 is 0 Å². The Morgan fingerprint density at radius 3 is 3.05 bits per heavy atom. The third-order valence-corrected chi connectivity index (χ3v) is 4.03. The molecule has 0 heterocycles.